The number of benzene rings is 2. The maximum Gasteiger partial charge on any atom is 0.118 e. The first-order chi connectivity index (χ1) is 15.7. The van der Waals surface area contributed by atoms with Gasteiger partial charge in [-0.2, -0.15) is 17.0 Å². The monoisotopic (exact) mass is 464 g/mol. The Hall–Kier alpha value is -2.46. The topological polar surface area (TPSA) is 66.1 Å². The van der Waals surface area contributed by atoms with Gasteiger partial charge in [-0.1, -0.05) is 43.7 Å². The van der Waals surface area contributed by atoms with Crippen molar-refractivity contribution in [2.45, 2.75) is 30.9 Å². The minimum atomic E-state index is -0.444. The molecular weight excluding hydrogens is 436 g/mol. The van der Waals surface area contributed by atoms with Crippen molar-refractivity contribution in [1.82, 2.24) is 4.98 Å². The molecule has 1 unspecified atom stereocenters. The Balaban J connectivity index is 1.92. The summed E-state index contributed by atoms with van der Waals surface area (Å²) in [7, 11) is 1.64. The van der Waals surface area contributed by atoms with E-state index in [9.17, 15) is 10.4 Å². The SMILES string of the molecule is CCCCSCC(O)CSc1nc(-c2ccc(OC)cc2)cc(-c2ccccc2)c1C#N. The molecule has 1 N–H and O–H groups in total. The summed E-state index contributed by atoms with van der Waals surface area (Å²) in [5, 5.41) is 21.1. The molecule has 1 aromatic heterocycles. The molecule has 0 saturated carbocycles. The summed E-state index contributed by atoms with van der Waals surface area (Å²) in [6.07, 6.45) is 1.88. The fourth-order valence-corrected chi connectivity index (χ4v) is 5.31. The van der Waals surface area contributed by atoms with Gasteiger partial charge in [0.1, 0.15) is 16.8 Å². The molecule has 0 spiro atoms. The van der Waals surface area contributed by atoms with E-state index in [0.717, 1.165) is 46.7 Å². The Morgan fingerprint density at radius 1 is 1.06 bits per heavy atom. The van der Waals surface area contributed by atoms with Crippen LogP contribution in [0.2, 0.25) is 0 Å². The normalized spacial score (nSPS) is 11.7. The highest BCUT2D eigenvalue weighted by Gasteiger charge is 2.17. The highest BCUT2D eigenvalue weighted by Crippen LogP contribution is 2.35. The van der Waals surface area contributed by atoms with Gasteiger partial charge in [-0.3, -0.25) is 0 Å². The summed E-state index contributed by atoms with van der Waals surface area (Å²) in [6.45, 7) is 2.17. The van der Waals surface area contributed by atoms with Crippen LogP contribution in [0.4, 0.5) is 0 Å². The summed E-state index contributed by atoms with van der Waals surface area (Å²) < 4.78 is 5.27. The fourth-order valence-electron chi connectivity index (χ4n) is 3.18. The number of pyridine rings is 1. The number of thioether (sulfide) groups is 2. The van der Waals surface area contributed by atoms with Crippen LogP contribution in [-0.4, -0.2) is 40.6 Å². The maximum absolute atomic E-state index is 10.4. The second-order valence-corrected chi connectivity index (χ2v) is 9.49. The van der Waals surface area contributed by atoms with Gasteiger partial charge in [0.15, 0.2) is 0 Å². The second kappa shape index (κ2) is 12.5. The number of aromatic nitrogens is 1. The number of aliphatic hydroxyl groups excluding tert-OH is 1. The van der Waals surface area contributed by atoms with Gasteiger partial charge in [0.2, 0.25) is 0 Å². The minimum Gasteiger partial charge on any atom is -0.497 e. The van der Waals surface area contributed by atoms with Crippen LogP contribution in [0.15, 0.2) is 65.7 Å². The quantitative estimate of drug-likeness (QED) is 0.266. The van der Waals surface area contributed by atoms with Crippen molar-refractivity contribution in [3.63, 3.8) is 0 Å². The highest BCUT2D eigenvalue weighted by molar-refractivity contribution is 8.00. The number of nitrogens with zero attached hydrogens (tertiary/aromatic N) is 2. The van der Waals surface area contributed by atoms with Crippen LogP contribution in [-0.2, 0) is 0 Å². The average molecular weight is 465 g/mol. The van der Waals surface area contributed by atoms with Crippen LogP contribution >= 0.6 is 23.5 Å². The van der Waals surface area contributed by atoms with Gasteiger partial charge in [0, 0.05) is 22.6 Å². The number of ether oxygens (including phenoxy) is 1. The molecule has 1 heterocycles. The molecule has 0 bridgehead atoms. The molecule has 0 amide bonds. The number of rotatable bonds is 11. The Labute approximate surface area is 199 Å². The summed E-state index contributed by atoms with van der Waals surface area (Å²) in [6, 6.07) is 22.0. The van der Waals surface area contributed by atoms with E-state index < -0.39 is 6.10 Å². The molecule has 1 atom stereocenters. The smallest absolute Gasteiger partial charge is 0.118 e. The zero-order valence-electron chi connectivity index (χ0n) is 18.5. The number of hydrogen-bond acceptors (Lipinski definition) is 6. The van der Waals surface area contributed by atoms with Gasteiger partial charge >= 0.3 is 0 Å². The highest BCUT2D eigenvalue weighted by atomic mass is 32.2. The molecule has 0 aliphatic carbocycles. The molecule has 2 aromatic carbocycles. The molecule has 0 fully saturated rings. The van der Waals surface area contributed by atoms with Gasteiger partial charge in [0.05, 0.1) is 24.5 Å². The van der Waals surface area contributed by atoms with Crippen molar-refractivity contribution in [3.8, 4) is 34.2 Å². The molecule has 6 heteroatoms. The van der Waals surface area contributed by atoms with Crippen LogP contribution in [0.1, 0.15) is 25.3 Å². The molecule has 166 valence electrons. The lowest BCUT2D eigenvalue weighted by molar-refractivity contribution is 0.225. The Morgan fingerprint density at radius 2 is 1.81 bits per heavy atom. The molecule has 32 heavy (non-hydrogen) atoms. The van der Waals surface area contributed by atoms with E-state index in [1.54, 1.807) is 18.9 Å². The first-order valence-corrected chi connectivity index (χ1v) is 12.8. The lowest BCUT2D eigenvalue weighted by Gasteiger charge is -2.14. The number of methoxy groups -OCH3 is 1. The Morgan fingerprint density at radius 3 is 2.47 bits per heavy atom. The van der Waals surface area contributed by atoms with Gasteiger partial charge < -0.3 is 9.84 Å². The predicted molar refractivity (Wildman–Crippen MR) is 135 cm³/mol. The van der Waals surface area contributed by atoms with Crippen molar-refractivity contribution in [2.75, 3.05) is 24.4 Å². The summed E-state index contributed by atoms with van der Waals surface area (Å²) in [5.74, 6) is 3.04. The van der Waals surface area contributed by atoms with Crippen LogP contribution < -0.4 is 4.74 Å². The zero-order chi connectivity index (χ0) is 22.8. The third kappa shape index (κ3) is 6.52. The van der Waals surface area contributed by atoms with E-state index in [0.29, 0.717) is 22.1 Å². The van der Waals surface area contributed by atoms with Crippen molar-refractivity contribution >= 4 is 23.5 Å². The maximum atomic E-state index is 10.4. The van der Waals surface area contributed by atoms with Gasteiger partial charge in [-0.25, -0.2) is 4.98 Å². The molecule has 3 rings (SSSR count). The van der Waals surface area contributed by atoms with Crippen LogP contribution in [0.5, 0.6) is 5.75 Å². The molecule has 4 nitrogen and oxygen atoms in total. The summed E-state index contributed by atoms with van der Waals surface area (Å²) in [4.78, 5) is 4.82. The second-order valence-electron chi connectivity index (χ2n) is 7.33. The molecule has 3 aromatic rings. The zero-order valence-corrected chi connectivity index (χ0v) is 20.1. The van der Waals surface area contributed by atoms with Crippen molar-refractivity contribution in [1.29, 1.82) is 5.26 Å². The Bertz CT molecular complexity index is 1030. The van der Waals surface area contributed by atoms with E-state index in [-0.39, 0.29) is 0 Å². The van der Waals surface area contributed by atoms with E-state index in [1.807, 2.05) is 60.7 Å². The molecule has 0 radical (unpaired) electrons. The molecule has 0 aliphatic rings. The number of nitriles is 1. The lowest BCUT2D eigenvalue weighted by Crippen LogP contribution is -2.14. The summed E-state index contributed by atoms with van der Waals surface area (Å²) in [5.41, 5.74) is 4.11. The fraction of sp³-hybridized carbons (Fsp3) is 0.308. The van der Waals surface area contributed by atoms with E-state index in [1.165, 1.54) is 11.8 Å². The van der Waals surface area contributed by atoms with Gasteiger partial charge in [0.25, 0.3) is 0 Å². The first-order valence-electron chi connectivity index (χ1n) is 10.7. The van der Waals surface area contributed by atoms with E-state index >= 15 is 0 Å². The van der Waals surface area contributed by atoms with Crippen molar-refractivity contribution in [3.05, 3.63) is 66.2 Å². The van der Waals surface area contributed by atoms with Gasteiger partial charge in [-0.15, -0.1) is 11.8 Å². The van der Waals surface area contributed by atoms with Crippen molar-refractivity contribution in [2.24, 2.45) is 0 Å². The lowest BCUT2D eigenvalue weighted by atomic mass is 9.99. The standard InChI is InChI=1S/C26H28N2O2S2/c1-3-4-14-31-17-21(29)18-32-26-24(16-27)23(19-8-6-5-7-9-19)15-25(28-26)20-10-12-22(30-2)13-11-20/h5-13,15,21,29H,3-4,14,17-18H2,1-2H3. The third-order valence-electron chi connectivity index (χ3n) is 4.93. The first kappa shape index (κ1) is 24.2. The van der Waals surface area contributed by atoms with E-state index in [2.05, 4.69) is 13.0 Å². The minimum absolute atomic E-state index is 0.444. The number of aliphatic hydroxyl groups is 1. The van der Waals surface area contributed by atoms with E-state index in [4.69, 9.17) is 9.72 Å². The molecule has 0 aliphatic heterocycles. The van der Waals surface area contributed by atoms with Crippen molar-refractivity contribution < 1.29 is 9.84 Å². The van der Waals surface area contributed by atoms with Crippen LogP contribution in [0.3, 0.4) is 0 Å². The van der Waals surface area contributed by atoms with Gasteiger partial charge in [-0.05, 0) is 48.1 Å². The number of unbranched alkanes of at least 4 members (excludes halogenated alkanes) is 1. The largest absolute Gasteiger partial charge is 0.497 e. The van der Waals surface area contributed by atoms with Crippen LogP contribution in [0.25, 0.3) is 22.4 Å². The average Bonchev–Trinajstić information content (AvgIpc) is 2.85. The third-order valence-corrected chi connectivity index (χ3v) is 7.25. The Kier molecular flexibility index (Phi) is 9.48. The number of hydrogen-bond donors (Lipinski definition) is 1. The van der Waals surface area contributed by atoms with Crippen LogP contribution in [0, 0.1) is 11.3 Å². The molecular formula is C26H28N2O2S2. The predicted octanol–water partition coefficient (Wildman–Crippen LogP) is 6.28. The molecule has 0 saturated heterocycles. The summed E-state index contributed by atoms with van der Waals surface area (Å²) >= 11 is 3.22.